The van der Waals surface area contributed by atoms with E-state index >= 15 is 0 Å². The normalized spacial score (nSPS) is 10.8. The van der Waals surface area contributed by atoms with Crippen LogP contribution in [-0.2, 0) is 0 Å². The number of rotatable bonds is 3. The van der Waals surface area contributed by atoms with Crippen LogP contribution in [0.5, 0.6) is 0 Å². The Labute approximate surface area is 147 Å². The number of carbonyl (C=O) groups is 1. The molecule has 26 heavy (non-hydrogen) atoms. The number of aromatic nitrogens is 3. The van der Waals surface area contributed by atoms with Gasteiger partial charge in [-0.05, 0) is 49.4 Å². The molecule has 0 atom stereocenters. The van der Waals surface area contributed by atoms with Gasteiger partial charge in [0.15, 0.2) is 0 Å². The third kappa shape index (κ3) is 2.90. The van der Waals surface area contributed by atoms with Crippen molar-refractivity contribution in [2.24, 2.45) is 0 Å². The number of carbonyl (C=O) groups excluding carboxylic acids is 1. The van der Waals surface area contributed by atoms with E-state index in [9.17, 15) is 9.18 Å². The second-order valence-corrected chi connectivity index (χ2v) is 5.70. The molecule has 0 aliphatic heterocycles. The fourth-order valence-electron chi connectivity index (χ4n) is 2.68. The number of aryl methyl sites for hydroxylation is 1. The smallest absolute Gasteiger partial charge is 0.259 e. The number of nitrogens with one attached hydrogen (secondary N) is 1. The van der Waals surface area contributed by atoms with Crippen molar-refractivity contribution in [3.63, 3.8) is 0 Å². The molecule has 1 N–H and O–H groups in total. The molecule has 0 aliphatic carbocycles. The van der Waals surface area contributed by atoms with Crippen LogP contribution < -0.4 is 5.32 Å². The van der Waals surface area contributed by atoms with E-state index in [2.05, 4.69) is 20.4 Å². The Hall–Kier alpha value is -3.61. The van der Waals surface area contributed by atoms with Crippen LogP contribution in [-0.4, -0.2) is 21.0 Å². The number of hydrogen-bond acceptors (Lipinski definition) is 5. The van der Waals surface area contributed by atoms with E-state index in [4.69, 9.17) is 4.52 Å². The summed E-state index contributed by atoms with van der Waals surface area (Å²) in [7, 11) is 0. The Kier molecular flexibility index (Phi) is 3.89. The molecule has 1 amide bonds. The first-order chi connectivity index (χ1) is 12.6. The van der Waals surface area contributed by atoms with Crippen molar-refractivity contribution >= 4 is 22.7 Å². The Morgan fingerprint density at radius 1 is 1.12 bits per heavy atom. The van der Waals surface area contributed by atoms with Crippen LogP contribution in [0.3, 0.4) is 0 Å². The Morgan fingerprint density at radius 2 is 1.85 bits per heavy atom. The molecule has 4 aromatic rings. The summed E-state index contributed by atoms with van der Waals surface area (Å²) in [4.78, 5) is 21.2. The van der Waals surface area contributed by atoms with Gasteiger partial charge in [0.2, 0.25) is 0 Å². The number of fused-ring (bicyclic) bond motifs is 1. The standard InChI is InChI=1S/C19H13FN4O2/c1-11-17-15(18(25)22-14-6-8-21-9-7-14)10-16(23-19(17)26-24-11)12-2-4-13(20)5-3-12/h2-10H,1H3,(H,21,22,25). The minimum Gasteiger partial charge on any atom is -0.335 e. The van der Waals surface area contributed by atoms with Gasteiger partial charge in [-0.25, -0.2) is 9.37 Å². The van der Waals surface area contributed by atoms with Crippen molar-refractivity contribution in [3.05, 3.63) is 71.9 Å². The minimum absolute atomic E-state index is 0.254. The lowest BCUT2D eigenvalue weighted by atomic mass is 10.0. The number of hydrogen-bond donors (Lipinski definition) is 1. The summed E-state index contributed by atoms with van der Waals surface area (Å²) in [5, 5.41) is 7.27. The lowest BCUT2D eigenvalue weighted by Crippen LogP contribution is -2.13. The molecule has 0 bridgehead atoms. The average Bonchev–Trinajstić information content (AvgIpc) is 3.03. The van der Waals surface area contributed by atoms with E-state index in [1.165, 1.54) is 12.1 Å². The fraction of sp³-hybridized carbons (Fsp3) is 0.0526. The van der Waals surface area contributed by atoms with Crippen LogP contribution in [0.25, 0.3) is 22.4 Å². The predicted molar refractivity (Wildman–Crippen MR) is 94.1 cm³/mol. The van der Waals surface area contributed by atoms with E-state index < -0.39 is 0 Å². The summed E-state index contributed by atoms with van der Waals surface area (Å²) < 4.78 is 18.4. The Morgan fingerprint density at radius 3 is 2.58 bits per heavy atom. The quantitative estimate of drug-likeness (QED) is 0.605. The highest BCUT2D eigenvalue weighted by atomic mass is 19.1. The van der Waals surface area contributed by atoms with Gasteiger partial charge in [0.05, 0.1) is 22.3 Å². The third-order valence-electron chi connectivity index (χ3n) is 3.94. The Balaban J connectivity index is 1.82. The zero-order valence-electron chi connectivity index (χ0n) is 13.7. The highest BCUT2D eigenvalue weighted by Gasteiger charge is 2.19. The molecule has 3 aromatic heterocycles. The van der Waals surface area contributed by atoms with E-state index in [1.54, 1.807) is 49.6 Å². The molecule has 0 saturated carbocycles. The molecule has 0 unspecified atom stereocenters. The highest BCUT2D eigenvalue weighted by Crippen LogP contribution is 2.27. The summed E-state index contributed by atoms with van der Waals surface area (Å²) in [5.74, 6) is -0.667. The lowest BCUT2D eigenvalue weighted by Gasteiger charge is -2.08. The van der Waals surface area contributed by atoms with Gasteiger partial charge < -0.3 is 9.84 Å². The molecule has 3 heterocycles. The highest BCUT2D eigenvalue weighted by molar-refractivity contribution is 6.13. The SMILES string of the molecule is Cc1noc2nc(-c3ccc(F)cc3)cc(C(=O)Nc3ccncc3)c12. The van der Waals surface area contributed by atoms with Crippen molar-refractivity contribution < 1.29 is 13.7 Å². The number of pyridine rings is 2. The topological polar surface area (TPSA) is 80.9 Å². The fourth-order valence-corrected chi connectivity index (χ4v) is 2.68. The molecular weight excluding hydrogens is 335 g/mol. The van der Waals surface area contributed by atoms with Crippen molar-refractivity contribution in [3.8, 4) is 11.3 Å². The maximum absolute atomic E-state index is 13.2. The minimum atomic E-state index is -0.346. The molecule has 0 radical (unpaired) electrons. The van der Waals surface area contributed by atoms with Gasteiger partial charge in [0.25, 0.3) is 11.6 Å². The van der Waals surface area contributed by atoms with Crippen LogP contribution in [0, 0.1) is 12.7 Å². The third-order valence-corrected chi connectivity index (χ3v) is 3.94. The summed E-state index contributed by atoms with van der Waals surface area (Å²) in [6.45, 7) is 1.74. The molecule has 6 nitrogen and oxygen atoms in total. The molecule has 0 spiro atoms. The lowest BCUT2D eigenvalue weighted by molar-refractivity contribution is 0.102. The van der Waals surface area contributed by atoms with Crippen molar-refractivity contribution in [1.29, 1.82) is 0 Å². The number of nitrogens with zero attached hydrogens (tertiary/aromatic N) is 3. The second kappa shape index (κ2) is 6.36. The van der Waals surface area contributed by atoms with Gasteiger partial charge in [0, 0.05) is 23.6 Å². The predicted octanol–water partition coefficient (Wildman–Crippen LogP) is 3.98. The van der Waals surface area contributed by atoms with E-state index in [0.29, 0.717) is 33.6 Å². The Bertz CT molecular complexity index is 1090. The van der Waals surface area contributed by atoms with E-state index in [1.807, 2.05) is 0 Å². The maximum Gasteiger partial charge on any atom is 0.259 e. The second-order valence-electron chi connectivity index (χ2n) is 5.70. The molecule has 0 aliphatic rings. The largest absolute Gasteiger partial charge is 0.335 e. The van der Waals surface area contributed by atoms with Gasteiger partial charge in [-0.2, -0.15) is 0 Å². The molecule has 7 heteroatoms. The van der Waals surface area contributed by atoms with E-state index in [-0.39, 0.29) is 17.4 Å². The molecule has 0 saturated heterocycles. The van der Waals surface area contributed by atoms with Gasteiger partial charge >= 0.3 is 0 Å². The van der Waals surface area contributed by atoms with Crippen LogP contribution >= 0.6 is 0 Å². The number of amides is 1. The van der Waals surface area contributed by atoms with E-state index in [0.717, 1.165) is 0 Å². The molecular formula is C19H13FN4O2. The first kappa shape index (κ1) is 15.9. The van der Waals surface area contributed by atoms with Gasteiger partial charge in [-0.1, -0.05) is 5.16 Å². The average molecular weight is 348 g/mol. The first-order valence-electron chi connectivity index (χ1n) is 7.86. The van der Waals surface area contributed by atoms with Gasteiger partial charge in [-0.15, -0.1) is 0 Å². The van der Waals surface area contributed by atoms with Crippen molar-refractivity contribution in [2.75, 3.05) is 5.32 Å². The van der Waals surface area contributed by atoms with Crippen molar-refractivity contribution in [1.82, 2.24) is 15.1 Å². The first-order valence-corrected chi connectivity index (χ1v) is 7.86. The zero-order chi connectivity index (χ0) is 18.1. The van der Waals surface area contributed by atoms with Crippen molar-refractivity contribution in [2.45, 2.75) is 6.92 Å². The summed E-state index contributed by atoms with van der Waals surface area (Å²) >= 11 is 0. The van der Waals surface area contributed by atoms with Crippen LogP contribution in [0.15, 0.2) is 59.4 Å². The number of benzene rings is 1. The van der Waals surface area contributed by atoms with Crippen LogP contribution in [0.4, 0.5) is 10.1 Å². The maximum atomic E-state index is 13.2. The van der Waals surface area contributed by atoms with Crippen LogP contribution in [0.1, 0.15) is 16.1 Å². The molecule has 1 aromatic carbocycles. The summed E-state index contributed by atoms with van der Waals surface area (Å²) in [6, 6.07) is 10.9. The summed E-state index contributed by atoms with van der Waals surface area (Å²) in [6.07, 6.45) is 3.18. The number of halogens is 1. The monoisotopic (exact) mass is 348 g/mol. The molecule has 0 fully saturated rings. The van der Waals surface area contributed by atoms with Gasteiger partial charge in [-0.3, -0.25) is 9.78 Å². The number of anilines is 1. The van der Waals surface area contributed by atoms with Crippen LogP contribution in [0.2, 0.25) is 0 Å². The summed E-state index contributed by atoms with van der Waals surface area (Å²) in [5.41, 5.74) is 2.98. The molecule has 128 valence electrons. The zero-order valence-corrected chi connectivity index (χ0v) is 13.7. The van der Waals surface area contributed by atoms with Gasteiger partial charge in [0.1, 0.15) is 5.82 Å². The molecule has 4 rings (SSSR count).